The van der Waals surface area contributed by atoms with E-state index in [4.69, 9.17) is 5.73 Å². The lowest BCUT2D eigenvalue weighted by atomic mass is 10.3. The highest BCUT2D eigenvalue weighted by Gasteiger charge is 1.97. The number of carbonyl (C=O) groups is 1. The molecule has 13 heavy (non-hydrogen) atoms. The summed E-state index contributed by atoms with van der Waals surface area (Å²) in [5.74, 6) is 0.303. The zero-order valence-electron chi connectivity index (χ0n) is 6.56. The van der Waals surface area contributed by atoms with Gasteiger partial charge in [0.2, 0.25) is 6.08 Å². The third-order valence-electron chi connectivity index (χ3n) is 1.23. The summed E-state index contributed by atoms with van der Waals surface area (Å²) < 4.78 is 4.55. The first kappa shape index (κ1) is 8.96. The van der Waals surface area contributed by atoms with Gasteiger partial charge in [-0.25, -0.2) is 9.59 Å². The Bertz CT molecular complexity index is 352. The number of carbonyl (C=O) groups excluding carboxylic acids is 2. The van der Waals surface area contributed by atoms with Crippen LogP contribution in [-0.4, -0.2) is 12.2 Å². The average molecular weight is 178 g/mol. The highest BCUT2D eigenvalue weighted by Crippen LogP contribution is 2.17. The van der Waals surface area contributed by atoms with Gasteiger partial charge in [0.1, 0.15) is 5.75 Å². The van der Waals surface area contributed by atoms with Crippen LogP contribution in [0, 0.1) is 0 Å². The maximum atomic E-state index is 10.3. The molecule has 0 atom stereocenters. The van der Waals surface area contributed by atoms with Crippen LogP contribution >= 0.6 is 0 Å². The normalized spacial score (nSPS) is 8.62. The van der Waals surface area contributed by atoms with E-state index in [2.05, 4.69) is 9.73 Å². The molecule has 0 radical (unpaired) electrons. The number of nitrogens with zero attached hydrogens (tertiary/aromatic N) is 1. The van der Waals surface area contributed by atoms with Gasteiger partial charge in [0.25, 0.3) is 0 Å². The molecule has 0 spiro atoms. The lowest BCUT2D eigenvalue weighted by Gasteiger charge is -1.98. The van der Waals surface area contributed by atoms with Crippen LogP contribution in [0.4, 0.5) is 10.5 Å². The molecule has 5 heteroatoms. The van der Waals surface area contributed by atoms with Crippen LogP contribution in [0.3, 0.4) is 0 Å². The molecule has 0 heterocycles. The van der Waals surface area contributed by atoms with Gasteiger partial charge < -0.3 is 10.5 Å². The van der Waals surface area contributed by atoms with E-state index in [1.54, 1.807) is 0 Å². The summed E-state index contributed by atoms with van der Waals surface area (Å²) in [6, 6.07) is 5.95. The van der Waals surface area contributed by atoms with Crippen LogP contribution in [0.5, 0.6) is 5.75 Å². The zero-order chi connectivity index (χ0) is 9.68. The molecule has 66 valence electrons. The molecule has 2 N–H and O–H groups in total. The molecule has 0 aliphatic carbocycles. The Morgan fingerprint density at radius 2 is 2.00 bits per heavy atom. The van der Waals surface area contributed by atoms with Crippen molar-refractivity contribution in [3.8, 4) is 5.75 Å². The number of amides is 1. The Labute approximate surface area is 73.8 Å². The molecule has 5 nitrogen and oxygen atoms in total. The molecule has 0 bridgehead atoms. The third kappa shape index (κ3) is 2.76. The minimum atomic E-state index is -0.883. The fraction of sp³-hybridized carbons (Fsp3) is 0. The van der Waals surface area contributed by atoms with Gasteiger partial charge in [-0.15, -0.1) is 0 Å². The Hall–Kier alpha value is -2.13. The van der Waals surface area contributed by atoms with Crippen molar-refractivity contribution in [2.75, 3.05) is 0 Å². The molecule has 0 fully saturated rings. The van der Waals surface area contributed by atoms with E-state index in [9.17, 15) is 9.59 Å². The summed E-state index contributed by atoms with van der Waals surface area (Å²) in [7, 11) is 0. The van der Waals surface area contributed by atoms with E-state index in [1.807, 2.05) is 0 Å². The van der Waals surface area contributed by atoms with E-state index >= 15 is 0 Å². The Kier molecular flexibility index (Phi) is 2.78. The minimum absolute atomic E-state index is 0.303. The molecule has 0 saturated carbocycles. The standard InChI is InChI=1S/C8H6N2O3/c9-8(12)13-7-3-1-6(2-4-7)10-5-11/h1-4H,(H2,9,12). The van der Waals surface area contributed by atoms with Gasteiger partial charge in [0, 0.05) is 0 Å². The van der Waals surface area contributed by atoms with Crippen molar-refractivity contribution in [2.45, 2.75) is 0 Å². The fourth-order valence-corrected chi connectivity index (χ4v) is 0.758. The van der Waals surface area contributed by atoms with Crippen molar-refractivity contribution < 1.29 is 14.3 Å². The first-order chi connectivity index (χ1) is 6.22. The molecule has 0 aromatic heterocycles. The Morgan fingerprint density at radius 1 is 1.38 bits per heavy atom. The summed E-state index contributed by atoms with van der Waals surface area (Å²) in [6.07, 6.45) is 0.504. The predicted molar refractivity (Wildman–Crippen MR) is 44.4 cm³/mol. The van der Waals surface area contributed by atoms with Gasteiger partial charge in [-0.05, 0) is 24.3 Å². The van der Waals surface area contributed by atoms with E-state index in [0.717, 1.165) is 0 Å². The summed E-state index contributed by atoms with van der Waals surface area (Å²) in [6.45, 7) is 0. The highest BCUT2D eigenvalue weighted by atomic mass is 16.5. The van der Waals surface area contributed by atoms with Crippen LogP contribution in [-0.2, 0) is 4.79 Å². The zero-order valence-corrected chi connectivity index (χ0v) is 6.56. The molecule has 0 aliphatic heterocycles. The van der Waals surface area contributed by atoms with E-state index < -0.39 is 6.09 Å². The number of benzene rings is 1. The maximum absolute atomic E-state index is 10.3. The predicted octanol–water partition coefficient (Wildman–Crippen LogP) is 1.11. The first-order valence-corrected chi connectivity index (χ1v) is 3.37. The smallest absolute Gasteiger partial charge is 0.409 e. The van der Waals surface area contributed by atoms with Gasteiger partial charge in [-0.3, -0.25) is 0 Å². The highest BCUT2D eigenvalue weighted by molar-refractivity contribution is 5.68. The average Bonchev–Trinajstić information content (AvgIpc) is 2.08. The fourth-order valence-electron chi connectivity index (χ4n) is 0.758. The molecular formula is C8H6N2O3. The number of primary amides is 1. The van der Waals surface area contributed by atoms with Gasteiger partial charge in [-0.1, -0.05) is 0 Å². The van der Waals surface area contributed by atoms with Crippen molar-refractivity contribution in [1.82, 2.24) is 0 Å². The van der Waals surface area contributed by atoms with E-state index in [1.165, 1.54) is 30.3 Å². The van der Waals surface area contributed by atoms with Gasteiger partial charge in [-0.2, -0.15) is 4.99 Å². The van der Waals surface area contributed by atoms with Crippen LogP contribution < -0.4 is 10.5 Å². The summed E-state index contributed by atoms with van der Waals surface area (Å²) in [5, 5.41) is 0. The molecule has 1 aromatic carbocycles. The SMILES string of the molecule is NC(=O)Oc1ccc(N=C=O)cc1. The Morgan fingerprint density at radius 3 is 2.46 bits per heavy atom. The van der Waals surface area contributed by atoms with Crippen molar-refractivity contribution in [2.24, 2.45) is 10.7 Å². The number of aliphatic imine (C=N–C) groups is 1. The minimum Gasteiger partial charge on any atom is -0.411 e. The summed E-state index contributed by atoms with van der Waals surface area (Å²) >= 11 is 0. The second-order valence-corrected chi connectivity index (χ2v) is 2.12. The summed E-state index contributed by atoms with van der Waals surface area (Å²) in [5.41, 5.74) is 5.21. The molecule has 1 rings (SSSR count). The third-order valence-corrected chi connectivity index (χ3v) is 1.23. The lowest BCUT2D eigenvalue weighted by Crippen LogP contribution is -2.15. The molecule has 0 unspecified atom stereocenters. The number of nitrogens with two attached hydrogens (primary N) is 1. The molecule has 1 aromatic rings. The molecule has 1 amide bonds. The van der Waals surface area contributed by atoms with Crippen LogP contribution in [0.15, 0.2) is 29.3 Å². The quantitative estimate of drug-likeness (QED) is 0.544. The van der Waals surface area contributed by atoms with Gasteiger partial charge in [0.05, 0.1) is 5.69 Å². The van der Waals surface area contributed by atoms with E-state index in [0.29, 0.717) is 11.4 Å². The van der Waals surface area contributed by atoms with Gasteiger partial charge >= 0.3 is 6.09 Å². The lowest BCUT2D eigenvalue weighted by molar-refractivity contribution is 0.211. The number of rotatable bonds is 2. The van der Waals surface area contributed by atoms with Crippen molar-refractivity contribution in [1.29, 1.82) is 0 Å². The molecule has 0 saturated heterocycles. The molecular weight excluding hydrogens is 172 g/mol. The molecule has 0 aliphatic rings. The summed E-state index contributed by atoms with van der Waals surface area (Å²) in [4.78, 5) is 23.5. The van der Waals surface area contributed by atoms with Crippen molar-refractivity contribution in [3.05, 3.63) is 24.3 Å². The number of isocyanates is 1. The second-order valence-electron chi connectivity index (χ2n) is 2.12. The first-order valence-electron chi connectivity index (χ1n) is 3.37. The van der Waals surface area contributed by atoms with E-state index in [-0.39, 0.29) is 0 Å². The van der Waals surface area contributed by atoms with Gasteiger partial charge in [0.15, 0.2) is 0 Å². The maximum Gasteiger partial charge on any atom is 0.409 e. The number of hydrogen-bond donors (Lipinski definition) is 1. The number of hydrogen-bond acceptors (Lipinski definition) is 4. The van der Waals surface area contributed by atoms with Crippen LogP contribution in [0.2, 0.25) is 0 Å². The Balaban J connectivity index is 2.80. The number of ether oxygens (including phenoxy) is 1. The monoisotopic (exact) mass is 178 g/mol. The van der Waals surface area contributed by atoms with Crippen LogP contribution in [0.1, 0.15) is 0 Å². The second kappa shape index (κ2) is 4.04. The largest absolute Gasteiger partial charge is 0.411 e. The topological polar surface area (TPSA) is 81.8 Å². The van der Waals surface area contributed by atoms with Crippen molar-refractivity contribution >= 4 is 17.9 Å². The van der Waals surface area contributed by atoms with Crippen molar-refractivity contribution in [3.63, 3.8) is 0 Å². The van der Waals surface area contributed by atoms with Crippen LogP contribution in [0.25, 0.3) is 0 Å².